The highest BCUT2D eigenvalue weighted by atomic mass is 16.3. The summed E-state index contributed by atoms with van der Waals surface area (Å²) in [6.45, 7) is 0. The summed E-state index contributed by atoms with van der Waals surface area (Å²) in [5, 5.41) is 12.9. The Kier molecular flexibility index (Phi) is 2.00. The van der Waals surface area contributed by atoms with E-state index in [4.69, 9.17) is 0 Å². The van der Waals surface area contributed by atoms with Gasteiger partial charge in [0, 0.05) is 19.3 Å². The molecule has 0 atom stereocenters. The predicted octanol–water partition coefficient (Wildman–Crippen LogP) is -0.0200. The van der Waals surface area contributed by atoms with Crippen molar-refractivity contribution in [3.05, 3.63) is 18.1 Å². The van der Waals surface area contributed by atoms with E-state index in [-0.39, 0.29) is 5.82 Å². The van der Waals surface area contributed by atoms with E-state index in [0.717, 1.165) is 0 Å². The molecule has 11 heavy (non-hydrogen) atoms. The number of nitrogens with one attached hydrogen (secondary N) is 1. The van der Waals surface area contributed by atoms with E-state index in [2.05, 4.69) is 15.3 Å². The van der Waals surface area contributed by atoms with Crippen LogP contribution >= 0.6 is 0 Å². The normalized spacial score (nSPS) is 9.18. The Morgan fingerprint density at radius 2 is 2.36 bits per heavy atom. The molecule has 0 saturated heterocycles. The number of rotatable bonds is 1. The lowest BCUT2D eigenvalue weighted by molar-refractivity contribution is 0.0951. The lowest BCUT2D eigenvalue weighted by atomic mass is 10.5. The fraction of sp³-hybridized carbons (Fsp3) is 0.167. The van der Waals surface area contributed by atoms with Crippen LogP contribution < -0.4 is 5.32 Å². The third-order valence-electron chi connectivity index (χ3n) is 1.06. The molecule has 1 aromatic heterocycles. The van der Waals surface area contributed by atoms with Gasteiger partial charge in [-0.05, 0) is 0 Å². The molecule has 1 amide bonds. The number of nitrogens with zero attached hydrogens (tertiary/aromatic N) is 2. The Hall–Kier alpha value is -1.65. The van der Waals surface area contributed by atoms with Crippen molar-refractivity contribution < 1.29 is 9.90 Å². The Morgan fingerprint density at radius 1 is 1.64 bits per heavy atom. The van der Waals surface area contributed by atoms with Gasteiger partial charge >= 0.3 is 0 Å². The van der Waals surface area contributed by atoms with Crippen LogP contribution in [-0.4, -0.2) is 22.9 Å². The largest absolute Gasteiger partial charge is 0.352 e. The minimum absolute atomic E-state index is 0.0972. The Bertz CT molecular complexity index is 274. The van der Waals surface area contributed by atoms with Gasteiger partial charge in [-0.15, -0.1) is 0 Å². The van der Waals surface area contributed by atoms with E-state index >= 15 is 0 Å². The molecule has 5 nitrogen and oxygen atoms in total. The van der Waals surface area contributed by atoms with Gasteiger partial charge in [-0.1, -0.05) is 0 Å². The predicted molar refractivity (Wildman–Crippen MR) is 35.6 cm³/mol. The highest BCUT2D eigenvalue weighted by Crippen LogP contribution is 2.01. The minimum atomic E-state index is -0.460. The van der Waals surface area contributed by atoms with Crippen molar-refractivity contribution in [2.75, 3.05) is 7.05 Å². The fourth-order valence-electron chi connectivity index (χ4n) is 0.563. The molecular weight excluding hydrogens is 146 g/mol. The quantitative estimate of drug-likeness (QED) is 0.614. The summed E-state index contributed by atoms with van der Waals surface area (Å²) in [5.41, 5.74) is 0. The second kappa shape index (κ2) is 2.96. The second-order valence-corrected chi connectivity index (χ2v) is 1.80. The van der Waals surface area contributed by atoms with Gasteiger partial charge in [0.2, 0.25) is 5.82 Å². The van der Waals surface area contributed by atoms with Crippen LogP contribution in [0.1, 0.15) is 10.6 Å². The SMILES string of the molecule is CNC(=O)c1nccc([O])n1. The maximum Gasteiger partial charge on any atom is 0.288 e. The summed E-state index contributed by atoms with van der Waals surface area (Å²) in [6, 6.07) is 1.19. The van der Waals surface area contributed by atoms with E-state index in [1.165, 1.54) is 19.3 Å². The summed E-state index contributed by atoms with van der Waals surface area (Å²) >= 11 is 0. The summed E-state index contributed by atoms with van der Waals surface area (Å²) in [7, 11) is 1.45. The van der Waals surface area contributed by atoms with Crippen LogP contribution in [0, 0.1) is 0 Å². The molecule has 1 N–H and O–H groups in total. The van der Waals surface area contributed by atoms with Crippen LogP contribution in [0.2, 0.25) is 0 Å². The van der Waals surface area contributed by atoms with Crippen LogP contribution in [0.3, 0.4) is 0 Å². The molecule has 1 radical (unpaired) electrons. The van der Waals surface area contributed by atoms with Crippen LogP contribution in [0.15, 0.2) is 12.3 Å². The number of hydrogen-bond donors (Lipinski definition) is 1. The lowest BCUT2D eigenvalue weighted by Crippen LogP contribution is -2.20. The zero-order valence-electron chi connectivity index (χ0n) is 5.87. The average molecular weight is 152 g/mol. The molecule has 57 valence electrons. The van der Waals surface area contributed by atoms with Crippen molar-refractivity contribution in [2.24, 2.45) is 0 Å². The van der Waals surface area contributed by atoms with Gasteiger partial charge in [0.05, 0.1) is 0 Å². The standard InChI is InChI=1S/C6H6N3O2/c1-7-6(11)5-8-3-2-4(10)9-5/h2-3H,1H3,(H,7,11). The lowest BCUT2D eigenvalue weighted by Gasteiger charge is -1.94. The molecule has 0 aliphatic carbocycles. The Morgan fingerprint density at radius 3 is 2.91 bits per heavy atom. The molecule has 0 saturated carbocycles. The maximum atomic E-state index is 10.8. The van der Waals surface area contributed by atoms with Crippen molar-refractivity contribution in [1.29, 1.82) is 0 Å². The van der Waals surface area contributed by atoms with Crippen molar-refractivity contribution in [2.45, 2.75) is 0 Å². The Labute approximate surface area is 63.1 Å². The molecule has 1 rings (SSSR count). The van der Waals surface area contributed by atoms with Gasteiger partial charge in [-0.2, -0.15) is 4.98 Å². The highest BCUT2D eigenvalue weighted by Gasteiger charge is 2.06. The van der Waals surface area contributed by atoms with Crippen molar-refractivity contribution in [3.8, 4) is 5.88 Å². The van der Waals surface area contributed by atoms with Gasteiger partial charge in [-0.25, -0.2) is 4.98 Å². The highest BCUT2D eigenvalue weighted by molar-refractivity contribution is 5.90. The number of hydrogen-bond acceptors (Lipinski definition) is 3. The van der Waals surface area contributed by atoms with E-state index < -0.39 is 11.8 Å². The number of amides is 1. The smallest absolute Gasteiger partial charge is 0.288 e. The maximum absolute atomic E-state index is 10.8. The van der Waals surface area contributed by atoms with E-state index in [1.54, 1.807) is 0 Å². The molecule has 0 spiro atoms. The van der Waals surface area contributed by atoms with Crippen molar-refractivity contribution in [1.82, 2.24) is 15.3 Å². The molecule has 0 aliphatic heterocycles. The van der Waals surface area contributed by atoms with Gasteiger partial charge in [0.25, 0.3) is 11.8 Å². The van der Waals surface area contributed by atoms with Crippen LogP contribution in [0.4, 0.5) is 0 Å². The zero-order chi connectivity index (χ0) is 8.27. The van der Waals surface area contributed by atoms with Crippen LogP contribution in [0.5, 0.6) is 5.88 Å². The minimum Gasteiger partial charge on any atom is -0.352 e. The number of aromatic nitrogens is 2. The van der Waals surface area contributed by atoms with E-state index in [0.29, 0.717) is 0 Å². The second-order valence-electron chi connectivity index (χ2n) is 1.80. The van der Waals surface area contributed by atoms with E-state index in [9.17, 15) is 9.90 Å². The third kappa shape index (κ3) is 1.64. The molecule has 0 fully saturated rings. The number of carbonyl (C=O) groups excluding carboxylic acids is 1. The molecule has 1 aromatic rings. The van der Waals surface area contributed by atoms with Crippen LogP contribution in [0.25, 0.3) is 0 Å². The van der Waals surface area contributed by atoms with Crippen molar-refractivity contribution in [3.63, 3.8) is 0 Å². The average Bonchev–Trinajstić information content (AvgIpc) is 2.03. The first-order valence-corrected chi connectivity index (χ1v) is 2.96. The topological polar surface area (TPSA) is 74.8 Å². The molecule has 0 unspecified atom stereocenters. The van der Waals surface area contributed by atoms with Crippen molar-refractivity contribution >= 4 is 5.91 Å². The zero-order valence-corrected chi connectivity index (χ0v) is 5.87. The fourth-order valence-corrected chi connectivity index (χ4v) is 0.563. The van der Waals surface area contributed by atoms with Gasteiger partial charge < -0.3 is 5.32 Å². The first kappa shape index (κ1) is 7.46. The summed E-state index contributed by atoms with van der Waals surface area (Å²) in [6.07, 6.45) is 1.25. The summed E-state index contributed by atoms with van der Waals surface area (Å²) in [4.78, 5) is 17.7. The molecule has 0 bridgehead atoms. The van der Waals surface area contributed by atoms with Gasteiger partial charge in [-0.3, -0.25) is 9.90 Å². The Balaban J connectivity index is 2.96. The molecule has 0 aromatic carbocycles. The molecule has 0 aliphatic rings. The summed E-state index contributed by atoms with van der Waals surface area (Å²) in [5.74, 6) is -1.01. The third-order valence-corrected chi connectivity index (χ3v) is 1.06. The first-order chi connectivity index (χ1) is 5.24. The first-order valence-electron chi connectivity index (χ1n) is 2.96. The van der Waals surface area contributed by atoms with E-state index in [1.807, 2.05) is 0 Å². The monoisotopic (exact) mass is 152 g/mol. The van der Waals surface area contributed by atoms with Gasteiger partial charge in [0.1, 0.15) is 0 Å². The molecular formula is C6H6N3O2. The number of carbonyl (C=O) groups is 1. The molecule has 1 heterocycles. The molecule has 5 heteroatoms. The summed E-state index contributed by atoms with van der Waals surface area (Å²) < 4.78 is 0. The van der Waals surface area contributed by atoms with Gasteiger partial charge in [0.15, 0.2) is 0 Å². The van der Waals surface area contributed by atoms with Crippen LogP contribution in [-0.2, 0) is 5.11 Å².